The second kappa shape index (κ2) is 9.76. The third-order valence-corrected chi connectivity index (χ3v) is 5.97. The van der Waals surface area contributed by atoms with Gasteiger partial charge < -0.3 is 9.47 Å². The first kappa shape index (κ1) is 21.7. The molecule has 2 aliphatic heterocycles. The van der Waals surface area contributed by atoms with Crippen molar-refractivity contribution in [3.8, 4) is 11.5 Å². The number of amidine groups is 2. The molecule has 7 nitrogen and oxygen atoms in total. The number of benzene rings is 3. The fourth-order valence-electron chi connectivity index (χ4n) is 3.39. The Hall–Kier alpha value is -4.17. The van der Waals surface area contributed by atoms with Crippen LogP contribution in [0.15, 0.2) is 101 Å². The van der Waals surface area contributed by atoms with E-state index in [1.807, 2.05) is 84.9 Å². The zero-order valence-electron chi connectivity index (χ0n) is 18.0. The summed E-state index contributed by atoms with van der Waals surface area (Å²) < 4.78 is 11.4. The van der Waals surface area contributed by atoms with Gasteiger partial charge in [0.2, 0.25) is 5.17 Å². The van der Waals surface area contributed by atoms with Crippen molar-refractivity contribution in [2.24, 2.45) is 10.1 Å². The normalized spacial score (nSPS) is 16.2. The standard InChI is InChI=1S/C26H20N4O3S/c27-23-22(24(31)28-26-30(23)29-25(34-26)19-9-3-1-4-10-19)17-18-8-7-13-21(16-18)33-15-14-32-20-11-5-2-6-12-20/h1-13,16-17,27H,14-15H2/b22-17+,27-23?. The van der Waals surface area contributed by atoms with Gasteiger partial charge in [-0.2, -0.15) is 15.1 Å². The van der Waals surface area contributed by atoms with Crippen molar-refractivity contribution in [3.05, 3.63) is 102 Å². The van der Waals surface area contributed by atoms with Crippen molar-refractivity contribution in [3.63, 3.8) is 0 Å². The number of rotatable bonds is 7. The van der Waals surface area contributed by atoms with Gasteiger partial charge >= 0.3 is 0 Å². The predicted molar refractivity (Wildman–Crippen MR) is 134 cm³/mol. The van der Waals surface area contributed by atoms with Crippen molar-refractivity contribution < 1.29 is 14.3 Å². The number of carbonyl (C=O) groups is 1. The highest BCUT2D eigenvalue weighted by Crippen LogP contribution is 2.31. The predicted octanol–water partition coefficient (Wildman–Crippen LogP) is 4.81. The number of nitrogens with zero attached hydrogens (tertiary/aromatic N) is 3. The Morgan fingerprint density at radius 2 is 1.56 bits per heavy atom. The van der Waals surface area contributed by atoms with E-state index in [1.54, 1.807) is 6.08 Å². The van der Waals surface area contributed by atoms with E-state index in [4.69, 9.17) is 14.9 Å². The Balaban J connectivity index is 1.28. The fraction of sp³-hybridized carbons (Fsp3) is 0.0769. The SMILES string of the molecule is N=C1/C(=C\c2cccc(OCCOc3ccccc3)c2)C(=O)N=C2SC(c3ccccc3)=NN12. The molecule has 1 N–H and O–H groups in total. The molecule has 2 aliphatic rings. The Kier molecular flexibility index (Phi) is 6.22. The van der Waals surface area contributed by atoms with Crippen LogP contribution in [0.2, 0.25) is 0 Å². The number of hydrazone groups is 1. The Morgan fingerprint density at radius 3 is 2.32 bits per heavy atom. The summed E-state index contributed by atoms with van der Waals surface area (Å²) >= 11 is 1.28. The summed E-state index contributed by atoms with van der Waals surface area (Å²) in [6.45, 7) is 0.781. The summed E-state index contributed by atoms with van der Waals surface area (Å²) in [5, 5.41) is 15.6. The fourth-order valence-corrected chi connectivity index (χ4v) is 4.28. The van der Waals surface area contributed by atoms with Crippen LogP contribution in [0, 0.1) is 5.41 Å². The lowest BCUT2D eigenvalue weighted by Gasteiger charge is -2.20. The molecule has 0 bridgehead atoms. The van der Waals surface area contributed by atoms with Gasteiger partial charge in [0, 0.05) is 5.56 Å². The highest BCUT2D eigenvalue weighted by Gasteiger charge is 2.35. The van der Waals surface area contributed by atoms with Gasteiger partial charge in [0.1, 0.15) is 29.8 Å². The molecular weight excluding hydrogens is 448 g/mol. The molecule has 0 saturated carbocycles. The van der Waals surface area contributed by atoms with Crippen LogP contribution in [0.25, 0.3) is 6.08 Å². The van der Waals surface area contributed by atoms with Gasteiger partial charge in [-0.1, -0.05) is 60.7 Å². The van der Waals surface area contributed by atoms with Crippen molar-refractivity contribution in [1.82, 2.24) is 5.01 Å². The molecule has 3 aromatic carbocycles. The zero-order chi connectivity index (χ0) is 23.3. The van der Waals surface area contributed by atoms with Crippen molar-refractivity contribution >= 4 is 39.8 Å². The van der Waals surface area contributed by atoms with E-state index in [9.17, 15) is 4.79 Å². The highest BCUT2D eigenvalue weighted by molar-refractivity contribution is 8.27. The van der Waals surface area contributed by atoms with Crippen LogP contribution in [0.5, 0.6) is 11.5 Å². The molecule has 3 aromatic rings. The number of aliphatic imine (C=N–C) groups is 1. The molecule has 2 heterocycles. The number of amides is 1. The molecule has 8 heteroatoms. The molecule has 168 valence electrons. The maximum absolute atomic E-state index is 12.7. The van der Waals surface area contributed by atoms with Crippen molar-refractivity contribution in [1.29, 1.82) is 5.41 Å². The quantitative estimate of drug-likeness (QED) is 0.397. The highest BCUT2D eigenvalue weighted by atomic mass is 32.2. The Labute approximate surface area is 200 Å². The molecule has 0 aliphatic carbocycles. The number of para-hydroxylation sites is 1. The lowest BCUT2D eigenvalue weighted by molar-refractivity contribution is -0.114. The lowest BCUT2D eigenvalue weighted by Crippen LogP contribution is -2.35. The van der Waals surface area contributed by atoms with E-state index in [0.717, 1.165) is 16.9 Å². The van der Waals surface area contributed by atoms with Gasteiger partial charge in [-0.3, -0.25) is 10.2 Å². The number of hydrogen-bond acceptors (Lipinski definition) is 6. The largest absolute Gasteiger partial charge is 0.490 e. The average molecular weight is 469 g/mol. The molecular formula is C26H20N4O3S. The molecule has 0 fully saturated rings. The zero-order valence-corrected chi connectivity index (χ0v) is 18.9. The van der Waals surface area contributed by atoms with Gasteiger partial charge in [0.25, 0.3) is 5.91 Å². The molecule has 0 unspecified atom stereocenters. The van der Waals surface area contributed by atoms with Crippen LogP contribution in [0.4, 0.5) is 0 Å². The third kappa shape index (κ3) is 4.77. The maximum Gasteiger partial charge on any atom is 0.283 e. The molecule has 1 amide bonds. The van der Waals surface area contributed by atoms with E-state index < -0.39 is 5.91 Å². The summed E-state index contributed by atoms with van der Waals surface area (Å²) in [7, 11) is 0. The molecule has 0 saturated heterocycles. The van der Waals surface area contributed by atoms with E-state index >= 15 is 0 Å². The molecule has 0 radical (unpaired) electrons. The maximum atomic E-state index is 12.7. The summed E-state index contributed by atoms with van der Waals surface area (Å²) in [6, 6.07) is 26.5. The first-order valence-corrected chi connectivity index (χ1v) is 11.5. The van der Waals surface area contributed by atoms with Crippen molar-refractivity contribution in [2.75, 3.05) is 13.2 Å². The van der Waals surface area contributed by atoms with Gasteiger partial charge in [-0.05, 0) is 47.7 Å². The third-order valence-electron chi connectivity index (χ3n) is 5.01. The van der Waals surface area contributed by atoms with Gasteiger partial charge in [0.05, 0.1) is 5.57 Å². The number of thioether (sulfide) groups is 1. The average Bonchev–Trinajstić information content (AvgIpc) is 3.30. The summed E-state index contributed by atoms with van der Waals surface area (Å²) in [5.74, 6) is 0.968. The molecule has 0 atom stereocenters. The summed E-state index contributed by atoms with van der Waals surface area (Å²) in [5.41, 5.74) is 1.82. The van der Waals surface area contributed by atoms with Gasteiger partial charge in [0.15, 0.2) is 5.84 Å². The molecule has 0 spiro atoms. The van der Waals surface area contributed by atoms with Crippen LogP contribution >= 0.6 is 11.8 Å². The van der Waals surface area contributed by atoms with Crippen LogP contribution < -0.4 is 9.47 Å². The molecule has 5 rings (SSSR count). The number of nitrogens with one attached hydrogen (secondary N) is 1. The van der Waals surface area contributed by atoms with E-state index in [2.05, 4.69) is 10.1 Å². The lowest BCUT2D eigenvalue weighted by atomic mass is 10.1. The number of carbonyl (C=O) groups excluding carboxylic acids is 1. The second-order valence-corrected chi connectivity index (χ2v) is 8.33. The first-order chi connectivity index (χ1) is 16.7. The number of ether oxygens (including phenoxy) is 2. The number of hydrogen-bond donors (Lipinski definition) is 1. The van der Waals surface area contributed by atoms with E-state index in [1.165, 1.54) is 16.8 Å². The minimum Gasteiger partial charge on any atom is -0.490 e. The summed E-state index contributed by atoms with van der Waals surface area (Å²) in [6.07, 6.45) is 1.64. The smallest absolute Gasteiger partial charge is 0.283 e. The van der Waals surface area contributed by atoms with Gasteiger partial charge in [-0.15, -0.1) is 0 Å². The minimum atomic E-state index is -0.462. The monoisotopic (exact) mass is 468 g/mol. The van der Waals surface area contributed by atoms with Crippen molar-refractivity contribution in [2.45, 2.75) is 0 Å². The van der Waals surface area contributed by atoms with E-state index in [0.29, 0.717) is 29.2 Å². The van der Waals surface area contributed by atoms with E-state index in [-0.39, 0.29) is 11.4 Å². The van der Waals surface area contributed by atoms with Gasteiger partial charge in [-0.25, -0.2) is 0 Å². The van der Waals surface area contributed by atoms with Crippen LogP contribution in [-0.4, -0.2) is 40.2 Å². The Morgan fingerprint density at radius 1 is 0.882 bits per heavy atom. The first-order valence-electron chi connectivity index (χ1n) is 10.6. The summed E-state index contributed by atoms with van der Waals surface area (Å²) in [4.78, 5) is 16.8. The minimum absolute atomic E-state index is 0.00369. The second-order valence-electron chi connectivity index (χ2n) is 7.37. The van der Waals surface area contributed by atoms with Crippen LogP contribution in [0.3, 0.4) is 0 Å². The van der Waals surface area contributed by atoms with Crippen LogP contribution in [0.1, 0.15) is 11.1 Å². The molecule has 0 aromatic heterocycles. The molecule has 34 heavy (non-hydrogen) atoms. The van der Waals surface area contributed by atoms with Crippen LogP contribution in [-0.2, 0) is 4.79 Å². The Bertz CT molecular complexity index is 1320. The topological polar surface area (TPSA) is 87.3 Å². The number of fused-ring (bicyclic) bond motifs is 1.